The van der Waals surface area contributed by atoms with Crippen molar-refractivity contribution in [2.24, 2.45) is 5.11 Å². The summed E-state index contributed by atoms with van der Waals surface area (Å²) in [5, 5.41) is 3.74. The van der Waals surface area contributed by atoms with Crippen LogP contribution in [0.5, 0.6) is 0 Å². The first-order chi connectivity index (χ1) is 6.64. The molecule has 0 saturated heterocycles. The number of rotatable bonds is 4. The number of nitrogens with zero attached hydrogens (tertiary/aromatic N) is 3. The van der Waals surface area contributed by atoms with Crippen molar-refractivity contribution in [2.45, 2.75) is 32.2 Å². The molecule has 0 aliphatic heterocycles. The Bertz CT molecular complexity index is 329. The van der Waals surface area contributed by atoms with Crippen LogP contribution in [-0.4, -0.2) is 5.54 Å². The van der Waals surface area contributed by atoms with Gasteiger partial charge in [-0.2, -0.15) is 35.9 Å². The molecule has 0 spiro atoms. The third-order valence-electron chi connectivity index (χ3n) is 2.13. The fourth-order valence-electron chi connectivity index (χ4n) is 1.21. The number of aryl methyl sites for hydroxylation is 1. The summed E-state index contributed by atoms with van der Waals surface area (Å²) in [4.78, 5) is 2.84. The predicted molar refractivity (Wildman–Crippen MR) is 56.8 cm³/mol. The van der Waals surface area contributed by atoms with E-state index in [1.165, 1.54) is 5.56 Å². The molecule has 1 aromatic carbocycles. The van der Waals surface area contributed by atoms with Gasteiger partial charge >= 0.3 is 0 Å². The second-order valence-electron chi connectivity index (χ2n) is 3.91. The van der Waals surface area contributed by atoms with Crippen LogP contribution in [0, 0.1) is 6.07 Å². The zero-order valence-corrected chi connectivity index (χ0v) is 12.0. The van der Waals surface area contributed by atoms with Gasteiger partial charge in [-0.3, -0.25) is 0 Å². The summed E-state index contributed by atoms with van der Waals surface area (Å²) in [5.41, 5.74) is 9.31. The van der Waals surface area contributed by atoms with Crippen molar-refractivity contribution in [2.75, 3.05) is 0 Å². The minimum Gasteiger partial charge on any atom is -0.184 e. The summed E-state index contributed by atoms with van der Waals surface area (Å²) < 4.78 is 0. The molecule has 0 heterocycles. The number of benzene rings is 1. The molecule has 3 nitrogen and oxygen atoms in total. The van der Waals surface area contributed by atoms with Gasteiger partial charge in [0.2, 0.25) is 0 Å². The van der Waals surface area contributed by atoms with Gasteiger partial charge in [0.15, 0.2) is 0 Å². The maximum absolute atomic E-state index is 8.35. The van der Waals surface area contributed by atoms with Crippen LogP contribution in [-0.2, 0) is 39.1 Å². The van der Waals surface area contributed by atoms with E-state index in [1.807, 2.05) is 38.1 Å². The van der Waals surface area contributed by atoms with Gasteiger partial charge in [-0.1, -0.05) is 19.0 Å². The summed E-state index contributed by atoms with van der Waals surface area (Å²) in [7, 11) is 0. The molecule has 0 aliphatic rings. The van der Waals surface area contributed by atoms with Gasteiger partial charge in [0.1, 0.15) is 0 Å². The molecule has 0 N–H and O–H groups in total. The van der Waals surface area contributed by atoms with E-state index < -0.39 is 0 Å². The van der Waals surface area contributed by atoms with Crippen LogP contribution in [0.25, 0.3) is 10.4 Å². The van der Waals surface area contributed by atoms with E-state index in [0.717, 1.165) is 12.8 Å². The predicted octanol–water partition coefficient (Wildman–Crippen LogP) is 3.51. The van der Waals surface area contributed by atoms with Gasteiger partial charge in [-0.05, 0) is 18.4 Å². The standard InChI is InChI=1S/C11H14N3.Y/c1-11(2,13-14-12)9-8-10-6-4-3-5-7-10;/h4-7H,8-9H2,1-2H3;/q-1;. The molecule has 0 bridgehead atoms. The number of hydrogen-bond acceptors (Lipinski definition) is 1. The van der Waals surface area contributed by atoms with Crippen molar-refractivity contribution in [3.05, 3.63) is 46.3 Å². The van der Waals surface area contributed by atoms with Crippen molar-refractivity contribution in [1.29, 1.82) is 0 Å². The average Bonchev–Trinajstić information content (AvgIpc) is 2.17. The zero-order chi connectivity index (χ0) is 10.4. The molecule has 0 saturated carbocycles. The largest absolute Gasteiger partial charge is 0.184 e. The molecular weight excluding hydrogens is 263 g/mol. The smallest absolute Gasteiger partial charge is 0.0434 e. The minimum atomic E-state index is -0.297. The third kappa shape index (κ3) is 5.93. The summed E-state index contributed by atoms with van der Waals surface area (Å²) in [5.74, 6) is 0. The molecule has 0 fully saturated rings. The molecule has 1 aromatic rings. The second-order valence-corrected chi connectivity index (χ2v) is 3.91. The molecule has 77 valence electrons. The molecular formula is C11H14N3Y-. The Balaban J connectivity index is 0.00000196. The van der Waals surface area contributed by atoms with Crippen LogP contribution >= 0.6 is 0 Å². The maximum atomic E-state index is 8.35. The molecule has 1 rings (SSSR count). The van der Waals surface area contributed by atoms with E-state index in [-0.39, 0.29) is 38.2 Å². The van der Waals surface area contributed by atoms with Crippen LogP contribution in [0.15, 0.2) is 29.4 Å². The van der Waals surface area contributed by atoms with Crippen molar-refractivity contribution < 1.29 is 32.7 Å². The van der Waals surface area contributed by atoms with E-state index in [4.69, 9.17) is 5.53 Å². The van der Waals surface area contributed by atoms with Crippen molar-refractivity contribution in [1.82, 2.24) is 0 Å². The molecule has 0 aromatic heterocycles. The fourth-order valence-corrected chi connectivity index (χ4v) is 1.21. The van der Waals surface area contributed by atoms with Crippen molar-refractivity contribution in [3.63, 3.8) is 0 Å². The van der Waals surface area contributed by atoms with Gasteiger partial charge in [0.25, 0.3) is 0 Å². The molecule has 0 atom stereocenters. The summed E-state index contributed by atoms with van der Waals surface area (Å²) in [6, 6.07) is 10.8. The summed E-state index contributed by atoms with van der Waals surface area (Å²) >= 11 is 0. The van der Waals surface area contributed by atoms with Crippen molar-refractivity contribution >= 4 is 0 Å². The monoisotopic (exact) mass is 277 g/mol. The Morgan fingerprint density at radius 3 is 2.53 bits per heavy atom. The molecule has 0 unspecified atom stereocenters. The van der Waals surface area contributed by atoms with Crippen molar-refractivity contribution in [3.8, 4) is 0 Å². The minimum absolute atomic E-state index is 0. The van der Waals surface area contributed by atoms with Crippen LogP contribution in [0.2, 0.25) is 0 Å². The Labute approximate surface area is 116 Å². The number of hydrogen-bond donors (Lipinski definition) is 0. The first-order valence-electron chi connectivity index (χ1n) is 4.65. The normalized spacial score (nSPS) is 10.0. The van der Waals surface area contributed by atoms with E-state index in [1.54, 1.807) is 0 Å². The topological polar surface area (TPSA) is 48.8 Å². The van der Waals surface area contributed by atoms with Gasteiger partial charge in [0.05, 0.1) is 0 Å². The molecule has 15 heavy (non-hydrogen) atoms. The quantitative estimate of drug-likeness (QED) is 0.350. The SMILES string of the molecule is CC(C)(CCc1cc[c-]cc1)N=[N+]=[N-].[Y]. The first-order valence-corrected chi connectivity index (χ1v) is 4.65. The Hall–Kier alpha value is -0.366. The van der Waals surface area contributed by atoms with Crippen LogP contribution in [0.4, 0.5) is 0 Å². The Morgan fingerprint density at radius 1 is 1.40 bits per heavy atom. The van der Waals surface area contributed by atoms with Gasteiger partial charge in [-0.15, -0.1) is 0 Å². The van der Waals surface area contributed by atoms with Gasteiger partial charge in [-0.25, -0.2) is 0 Å². The van der Waals surface area contributed by atoms with E-state index >= 15 is 0 Å². The average molecular weight is 277 g/mol. The van der Waals surface area contributed by atoms with E-state index in [2.05, 4.69) is 16.1 Å². The van der Waals surface area contributed by atoms with Gasteiger partial charge in [0, 0.05) is 43.2 Å². The molecule has 1 radical (unpaired) electrons. The third-order valence-corrected chi connectivity index (χ3v) is 2.13. The molecule has 0 amide bonds. The molecule has 4 heteroatoms. The maximum Gasteiger partial charge on any atom is 0.0434 e. The van der Waals surface area contributed by atoms with E-state index in [9.17, 15) is 0 Å². The van der Waals surface area contributed by atoms with Gasteiger partial charge < -0.3 is 0 Å². The Kier molecular flexibility index (Phi) is 6.83. The second kappa shape index (κ2) is 7.00. The number of azide groups is 1. The summed E-state index contributed by atoms with van der Waals surface area (Å²) in [6.45, 7) is 3.89. The fraction of sp³-hybridized carbons (Fsp3) is 0.455. The van der Waals surface area contributed by atoms with Crippen LogP contribution in [0.1, 0.15) is 25.8 Å². The van der Waals surface area contributed by atoms with Crippen LogP contribution < -0.4 is 0 Å². The van der Waals surface area contributed by atoms with Crippen LogP contribution in [0.3, 0.4) is 0 Å². The van der Waals surface area contributed by atoms with E-state index in [0.29, 0.717) is 0 Å². The molecule has 0 aliphatic carbocycles. The summed E-state index contributed by atoms with van der Waals surface area (Å²) in [6.07, 6.45) is 1.79. The zero-order valence-electron chi connectivity index (χ0n) is 9.14. The Morgan fingerprint density at radius 2 is 2.00 bits per heavy atom. The first kappa shape index (κ1) is 14.6.